The standard InChI is InChI=1S/C74H54N2/c1-73(2)65-19-11-8-16-57(65)60-39-36-56(46-68(60)73)76-70-21-13-10-18-62(70)64-43-52(35-41-72(64)76)54-33-38-59-58-37-32-53(44-66(58)74(3,4)67(59)45-54)50-30-26-48(27-31-50)23-22-47-24-28-49(29-25-47)51-34-40-71-63(42-51)61-17-9-12-20-69(61)75(71)55-14-6-5-7-15-55/h5-46H,1-4H3. The zero-order valence-corrected chi connectivity index (χ0v) is 43.1. The Kier molecular flexibility index (Phi) is 9.69. The number of aromatic nitrogens is 2. The molecule has 0 radical (unpaired) electrons. The first-order chi connectivity index (χ1) is 37.2. The van der Waals surface area contributed by atoms with Crippen LogP contribution in [0.2, 0.25) is 0 Å². The average molecular weight is 971 g/mol. The van der Waals surface area contributed by atoms with Crippen molar-refractivity contribution in [2.24, 2.45) is 0 Å². The van der Waals surface area contributed by atoms with E-state index >= 15 is 0 Å². The second kappa shape index (κ2) is 16.6. The first-order valence-corrected chi connectivity index (χ1v) is 26.7. The molecule has 0 saturated carbocycles. The minimum atomic E-state index is -0.161. The van der Waals surface area contributed by atoms with Gasteiger partial charge in [0.2, 0.25) is 0 Å². The SMILES string of the molecule is CC1(C)c2cc(-c3ccc(C=Cc4ccc(-c5ccc6c(c5)c5ccccc5n6-c5ccccc5)cc4)cc3)ccc2-c2ccc(-c3ccc4c(c3)c3ccccc3n4-c3ccc4c(c3)C(C)(C)c3ccccc3-4)cc21. The van der Waals surface area contributed by atoms with Crippen molar-refractivity contribution in [3.8, 4) is 67.0 Å². The molecule has 0 spiro atoms. The average Bonchev–Trinajstić information content (AvgIpc) is 4.15. The van der Waals surface area contributed by atoms with Crippen LogP contribution >= 0.6 is 0 Å². The summed E-state index contributed by atoms with van der Waals surface area (Å²) in [5.74, 6) is 0. The van der Waals surface area contributed by atoms with Gasteiger partial charge in [0.15, 0.2) is 0 Å². The van der Waals surface area contributed by atoms with Crippen molar-refractivity contribution in [1.29, 1.82) is 0 Å². The fourth-order valence-electron chi connectivity index (χ4n) is 13.1. The van der Waals surface area contributed by atoms with E-state index in [0.29, 0.717) is 0 Å². The van der Waals surface area contributed by atoms with Crippen molar-refractivity contribution in [2.75, 3.05) is 0 Å². The summed E-state index contributed by atoms with van der Waals surface area (Å²) in [5.41, 5.74) is 27.7. The van der Waals surface area contributed by atoms with Crippen LogP contribution in [0.25, 0.3) is 123 Å². The second-order valence-corrected chi connectivity index (χ2v) is 22.1. The monoisotopic (exact) mass is 970 g/mol. The lowest BCUT2D eigenvalue weighted by atomic mass is 9.81. The number of benzene rings is 11. The Hall–Kier alpha value is -9.24. The van der Waals surface area contributed by atoms with Gasteiger partial charge in [0.05, 0.1) is 22.1 Å². The quantitative estimate of drug-likeness (QED) is 0.141. The summed E-state index contributed by atoms with van der Waals surface area (Å²) in [4.78, 5) is 0. The van der Waals surface area contributed by atoms with Gasteiger partial charge in [0.25, 0.3) is 0 Å². The fraction of sp³-hybridized carbons (Fsp3) is 0.0811. The maximum absolute atomic E-state index is 2.46. The van der Waals surface area contributed by atoms with E-state index in [9.17, 15) is 0 Å². The molecule has 13 aromatic rings. The molecule has 2 aliphatic rings. The predicted molar refractivity (Wildman–Crippen MR) is 322 cm³/mol. The lowest BCUT2D eigenvalue weighted by Gasteiger charge is -2.23. The van der Waals surface area contributed by atoms with Crippen LogP contribution in [-0.2, 0) is 10.8 Å². The van der Waals surface area contributed by atoms with Crippen LogP contribution in [0.1, 0.15) is 61.1 Å². The number of nitrogens with zero attached hydrogens (tertiary/aromatic N) is 2. The lowest BCUT2D eigenvalue weighted by molar-refractivity contribution is 0.660. The van der Waals surface area contributed by atoms with E-state index in [0.717, 1.165) is 0 Å². The summed E-state index contributed by atoms with van der Waals surface area (Å²) >= 11 is 0. The fourth-order valence-corrected chi connectivity index (χ4v) is 13.1. The molecule has 0 fully saturated rings. The molecular weight excluding hydrogens is 917 g/mol. The number of hydrogen-bond donors (Lipinski definition) is 0. The molecule has 0 atom stereocenters. The third-order valence-electron chi connectivity index (χ3n) is 17.2. The molecular formula is C74H54N2. The van der Waals surface area contributed by atoms with Gasteiger partial charge in [-0.3, -0.25) is 0 Å². The molecule has 2 heteroatoms. The van der Waals surface area contributed by atoms with E-state index in [-0.39, 0.29) is 10.8 Å². The van der Waals surface area contributed by atoms with E-state index in [4.69, 9.17) is 0 Å². The first-order valence-electron chi connectivity index (χ1n) is 26.7. The van der Waals surface area contributed by atoms with Crippen molar-refractivity contribution >= 4 is 55.8 Å². The molecule has 360 valence electrons. The zero-order valence-electron chi connectivity index (χ0n) is 43.1. The van der Waals surface area contributed by atoms with Crippen LogP contribution in [0.3, 0.4) is 0 Å². The Labute approximate surface area is 444 Å². The summed E-state index contributed by atoms with van der Waals surface area (Å²) in [7, 11) is 0. The molecule has 2 nitrogen and oxygen atoms in total. The third kappa shape index (κ3) is 6.73. The van der Waals surface area contributed by atoms with E-state index in [1.54, 1.807) is 0 Å². The van der Waals surface area contributed by atoms with Gasteiger partial charge in [-0.1, -0.05) is 210 Å². The van der Waals surface area contributed by atoms with E-state index in [1.165, 1.54) is 144 Å². The molecule has 0 N–H and O–H groups in total. The third-order valence-corrected chi connectivity index (χ3v) is 17.2. The number of para-hydroxylation sites is 3. The number of fused-ring (bicyclic) bond motifs is 12. The second-order valence-electron chi connectivity index (χ2n) is 22.1. The van der Waals surface area contributed by atoms with Gasteiger partial charge in [0.1, 0.15) is 0 Å². The Morgan fingerprint density at radius 1 is 0.263 bits per heavy atom. The van der Waals surface area contributed by atoms with Crippen molar-refractivity contribution in [2.45, 2.75) is 38.5 Å². The summed E-state index contributed by atoms with van der Waals surface area (Å²) in [6.07, 6.45) is 4.43. The highest BCUT2D eigenvalue weighted by molar-refractivity contribution is 6.12. The predicted octanol–water partition coefficient (Wildman–Crippen LogP) is 19.7. The van der Waals surface area contributed by atoms with Crippen molar-refractivity contribution in [3.05, 3.63) is 276 Å². The van der Waals surface area contributed by atoms with Crippen LogP contribution in [0, 0.1) is 0 Å². The van der Waals surface area contributed by atoms with Crippen LogP contribution in [-0.4, -0.2) is 9.13 Å². The summed E-state index contributed by atoms with van der Waals surface area (Å²) in [6, 6.07) is 90.3. The summed E-state index contributed by atoms with van der Waals surface area (Å²) in [6.45, 7) is 9.51. The normalized spacial score (nSPS) is 13.9. The van der Waals surface area contributed by atoms with Gasteiger partial charge in [-0.25, -0.2) is 0 Å². The lowest BCUT2D eigenvalue weighted by Crippen LogP contribution is -2.15. The maximum Gasteiger partial charge on any atom is 0.0541 e. The Bertz CT molecular complexity index is 4540. The molecule has 0 unspecified atom stereocenters. The molecule has 0 bridgehead atoms. The van der Waals surface area contributed by atoms with E-state index in [2.05, 4.69) is 292 Å². The Morgan fingerprint density at radius 2 is 0.645 bits per heavy atom. The summed E-state index contributed by atoms with van der Waals surface area (Å²) < 4.78 is 4.83. The number of hydrogen-bond acceptors (Lipinski definition) is 0. The smallest absolute Gasteiger partial charge is 0.0541 e. The molecule has 76 heavy (non-hydrogen) atoms. The molecule has 2 heterocycles. The minimum absolute atomic E-state index is 0.0651. The highest BCUT2D eigenvalue weighted by Crippen LogP contribution is 2.52. The zero-order chi connectivity index (χ0) is 50.9. The number of rotatable bonds is 7. The Balaban J connectivity index is 0.676. The van der Waals surface area contributed by atoms with Gasteiger partial charge in [0, 0.05) is 43.7 Å². The van der Waals surface area contributed by atoms with Crippen LogP contribution in [0.15, 0.2) is 243 Å². The molecule has 2 aliphatic carbocycles. The molecule has 0 saturated heterocycles. The van der Waals surface area contributed by atoms with Gasteiger partial charge >= 0.3 is 0 Å². The van der Waals surface area contributed by atoms with Crippen molar-refractivity contribution in [3.63, 3.8) is 0 Å². The topological polar surface area (TPSA) is 9.86 Å². The largest absolute Gasteiger partial charge is 0.309 e. The van der Waals surface area contributed by atoms with Crippen LogP contribution in [0.5, 0.6) is 0 Å². The first kappa shape index (κ1) is 44.3. The highest BCUT2D eigenvalue weighted by atomic mass is 15.0. The van der Waals surface area contributed by atoms with Gasteiger partial charge < -0.3 is 9.13 Å². The van der Waals surface area contributed by atoms with Crippen LogP contribution < -0.4 is 0 Å². The molecule has 0 aliphatic heterocycles. The maximum atomic E-state index is 2.46. The van der Waals surface area contributed by atoms with Gasteiger partial charge in [-0.2, -0.15) is 0 Å². The highest BCUT2D eigenvalue weighted by Gasteiger charge is 2.37. The van der Waals surface area contributed by atoms with Gasteiger partial charge in [-0.15, -0.1) is 0 Å². The summed E-state index contributed by atoms with van der Waals surface area (Å²) in [5, 5.41) is 5.07. The molecule has 0 amide bonds. The molecule has 11 aromatic carbocycles. The van der Waals surface area contributed by atoms with Crippen LogP contribution in [0.4, 0.5) is 0 Å². The van der Waals surface area contributed by atoms with Crippen molar-refractivity contribution < 1.29 is 0 Å². The van der Waals surface area contributed by atoms with E-state index < -0.39 is 0 Å². The molecule has 15 rings (SSSR count). The van der Waals surface area contributed by atoms with Crippen molar-refractivity contribution in [1.82, 2.24) is 9.13 Å². The van der Waals surface area contributed by atoms with E-state index in [1.807, 2.05) is 0 Å². The Morgan fingerprint density at radius 3 is 1.22 bits per heavy atom. The minimum Gasteiger partial charge on any atom is -0.309 e. The molecule has 2 aromatic heterocycles. The van der Waals surface area contributed by atoms with Gasteiger partial charge in [-0.05, 0) is 162 Å².